The summed E-state index contributed by atoms with van der Waals surface area (Å²) in [5.74, 6) is -0.920. The molecular formula is C28H25N3O5S. The minimum atomic E-state index is -3.85. The Hall–Kier alpha value is -4.34. The number of fused-ring (bicyclic) bond motifs is 1. The second-order valence-corrected chi connectivity index (χ2v) is 10.2. The van der Waals surface area contributed by atoms with Crippen LogP contribution >= 0.6 is 0 Å². The van der Waals surface area contributed by atoms with Gasteiger partial charge in [0, 0.05) is 5.56 Å². The Bertz CT molecular complexity index is 1600. The lowest BCUT2D eigenvalue weighted by Crippen LogP contribution is -2.34. The van der Waals surface area contributed by atoms with E-state index in [-0.39, 0.29) is 10.6 Å². The van der Waals surface area contributed by atoms with Gasteiger partial charge in [-0.2, -0.15) is 5.10 Å². The molecule has 0 aliphatic carbocycles. The molecule has 0 aliphatic rings. The molecule has 0 bridgehead atoms. The van der Waals surface area contributed by atoms with Gasteiger partial charge in [-0.25, -0.2) is 23.4 Å². The number of nitrogens with one attached hydrogen (secondary N) is 2. The van der Waals surface area contributed by atoms with Crippen LogP contribution in [0.4, 0.5) is 0 Å². The number of carbonyl (C=O) groups excluding carboxylic acids is 2. The van der Waals surface area contributed by atoms with Crippen molar-refractivity contribution in [2.45, 2.75) is 18.7 Å². The van der Waals surface area contributed by atoms with Crippen molar-refractivity contribution in [3.63, 3.8) is 0 Å². The first-order chi connectivity index (χ1) is 17.7. The van der Waals surface area contributed by atoms with E-state index in [4.69, 9.17) is 4.74 Å². The van der Waals surface area contributed by atoms with Crippen LogP contribution < -0.4 is 14.9 Å². The average molecular weight is 516 g/mol. The summed E-state index contributed by atoms with van der Waals surface area (Å²) in [7, 11) is -3.85. The van der Waals surface area contributed by atoms with Crippen LogP contribution in [0.5, 0.6) is 5.75 Å². The van der Waals surface area contributed by atoms with Gasteiger partial charge in [-0.05, 0) is 55.0 Å². The first kappa shape index (κ1) is 25.7. The number of ether oxygens (including phenoxy) is 1. The van der Waals surface area contributed by atoms with Crippen LogP contribution in [0.2, 0.25) is 0 Å². The van der Waals surface area contributed by atoms with Gasteiger partial charge >= 0.3 is 5.97 Å². The predicted octanol–water partition coefficient (Wildman–Crippen LogP) is 4.10. The van der Waals surface area contributed by atoms with E-state index in [1.807, 2.05) is 50.2 Å². The summed E-state index contributed by atoms with van der Waals surface area (Å²) in [5, 5.41) is 5.63. The van der Waals surface area contributed by atoms with Gasteiger partial charge < -0.3 is 4.74 Å². The lowest BCUT2D eigenvalue weighted by atomic mass is 10.0. The second kappa shape index (κ2) is 11.2. The van der Waals surface area contributed by atoms with E-state index < -0.39 is 28.4 Å². The Morgan fingerprint density at radius 3 is 2.41 bits per heavy atom. The van der Waals surface area contributed by atoms with Gasteiger partial charge in [0.15, 0.2) is 0 Å². The smallest absolute Gasteiger partial charge is 0.343 e. The molecule has 9 heteroatoms. The van der Waals surface area contributed by atoms with E-state index in [2.05, 4.69) is 15.2 Å². The molecule has 0 aliphatic heterocycles. The summed E-state index contributed by atoms with van der Waals surface area (Å²) in [6.07, 6.45) is 1.37. The molecule has 0 radical (unpaired) electrons. The fourth-order valence-electron chi connectivity index (χ4n) is 3.60. The fourth-order valence-corrected chi connectivity index (χ4v) is 4.58. The summed E-state index contributed by atoms with van der Waals surface area (Å²) in [6, 6.07) is 24.3. The van der Waals surface area contributed by atoms with Crippen molar-refractivity contribution in [2.75, 3.05) is 6.54 Å². The van der Waals surface area contributed by atoms with Gasteiger partial charge in [-0.3, -0.25) is 4.79 Å². The topological polar surface area (TPSA) is 114 Å². The minimum Gasteiger partial charge on any atom is -0.422 e. The van der Waals surface area contributed by atoms with Crippen LogP contribution in [0.15, 0.2) is 94.9 Å². The van der Waals surface area contributed by atoms with E-state index >= 15 is 0 Å². The maximum Gasteiger partial charge on any atom is 0.343 e. The standard InChI is InChI=1S/C28H25N3O5S/c1-19-10-13-23(14-11-19)37(34,35)30-18-27(32)31-29-17-25-24-9-4-3-7-21(24)12-15-26(25)36-28(33)22-8-5-6-20(2)16-22/h3-17,30H,18H2,1-2H3,(H,31,32). The summed E-state index contributed by atoms with van der Waals surface area (Å²) in [5.41, 5.74) is 5.05. The third kappa shape index (κ3) is 6.46. The number of hydrogen-bond donors (Lipinski definition) is 2. The number of esters is 1. The zero-order valence-electron chi connectivity index (χ0n) is 20.3. The highest BCUT2D eigenvalue weighted by atomic mass is 32.2. The molecular weight excluding hydrogens is 490 g/mol. The summed E-state index contributed by atoms with van der Waals surface area (Å²) in [6.45, 7) is 3.23. The molecule has 0 fully saturated rings. The highest BCUT2D eigenvalue weighted by molar-refractivity contribution is 7.89. The molecule has 2 N–H and O–H groups in total. The Balaban J connectivity index is 1.49. The van der Waals surface area contributed by atoms with E-state index in [1.54, 1.807) is 36.4 Å². The molecule has 0 aromatic heterocycles. The van der Waals surface area contributed by atoms with Gasteiger partial charge in [0.25, 0.3) is 5.91 Å². The molecule has 0 unspecified atom stereocenters. The van der Waals surface area contributed by atoms with Crippen molar-refractivity contribution >= 4 is 38.9 Å². The quantitative estimate of drug-likeness (QED) is 0.159. The van der Waals surface area contributed by atoms with E-state index in [9.17, 15) is 18.0 Å². The molecule has 0 atom stereocenters. The van der Waals surface area contributed by atoms with E-state index in [0.29, 0.717) is 11.1 Å². The van der Waals surface area contributed by atoms with Crippen LogP contribution in [-0.2, 0) is 14.8 Å². The first-order valence-corrected chi connectivity index (χ1v) is 12.9. The molecule has 0 spiro atoms. The van der Waals surface area contributed by atoms with Crippen LogP contribution in [0.1, 0.15) is 27.0 Å². The molecule has 4 rings (SSSR count). The van der Waals surface area contributed by atoms with Crippen molar-refractivity contribution in [1.82, 2.24) is 10.1 Å². The van der Waals surface area contributed by atoms with Gasteiger partial charge in [0.05, 0.1) is 23.2 Å². The molecule has 1 amide bonds. The number of aryl methyl sites for hydroxylation is 2. The first-order valence-electron chi connectivity index (χ1n) is 11.4. The van der Waals surface area contributed by atoms with Crippen molar-refractivity contribution in [2.24, 2.45) is 5.10 Å². The highest BCUT2D eigenvalue weighted by Gasteiger charge is 2.16. The number of carbonyl (C=O) groups is 2. The molecule has 4 aromatic carbocycles. The number of amides is 1. The maximum atomic E-state index is 12.7. The van der Waals surface area contributed by atoms with Gasteiger partial charge in [0.2, 0.25) is 10.0 Å². The highest BCUT2D eigenvalue weighted by Crippen LogP contribution is 2.27. The third-order valence-corrected chi connectivity index (χ3v) is 6.94. The van der Waals surface area contributed by atoms with Crippen molar-refractivity contribution in [1.29, 1.82) is 0 Å². The Morgan fingerprint density at radius 1 is 0.892 bits per heavy atom. The zero-order valence-corrected chi connectivity index (χ0v) is 21.1. The second-order valence-electron chi connectivity index (χ2n) is 8.39. The van der Waals surface area contributed by atoms with Gasteiger partial charge in [-0.15, -0.1) is 0 Å². The minimum absolute atomic E-state index is 0.0604. The van der Waals surface area contributed by atoms with Crippen molar-refractivity contribution in [3.8, 4) is 5.75 Å². The van der Waals surface area contributed by atoms with Crippen molar-refractivity contribution < 1.29 is 22.7 Å². The molecule has 188 valence electrons. The fraction of sp³-hybridized carbons (Fsp3) is 0.107. The zero-order chi connectivity index (χ0) is 26.4. The third-order valence-electron chi connectivity index (χ3n) is 5.52. The maximum absolute atomic E-state index is 12.7. The normalized spacial score (nSPS) is 11.5. The predicted molar refractivity (Wildman–Crippen MR) is 142 cm³/mol. The van der Waals surface area contributed by atoms with E-state index in [0.717, 1.165) is 21.9 Å². The number of hydrogen-bond acceptors (Lipinski definition) is 6. The van der Waals surface area contributed by atoms with E-state index in [1.165, 1.54) is 18.3 Å². The molecule has 8 nitrogen and oxygen atoms in total. The molecule has 0 heterocycles. The average Bonchev–Trinajstić information content (AvgIpc) is 2.89. The summed E-state index contributed by atoms with van der Waals surface area (Å²) < 4.78 is 32.7. The number of rotatable bonds is 8. The SMILES string of the molecule is Cc1ccc(S(=O)(=O)NCC(=O)NN=Cc2c(OC(=O)c3cccc(C)c3)ccc3ccccc23)cc1. The number of benzene rings is 4. The molecule has 0 saturated heterocycles. The Kier molecular flexibility index (Phi) is 7.76. The Morgan fingerprint density at radius 2 is 1.65 bits per heavy atom. The number of nitrogens with zero attached hydrogens (tertiary/aromatic N) is 1. The molecule has 37 heavy (non-hydrogen) atoms. The lowest BCUT2D eigenvalue weighted by molar-refractivity contribution is -0.119. The lowest BCUT2D eigenvalue weighted by Gasteiger charge is -2.11. The Labute approximate surface area is 215 Å². The van der Waals surface area contributed by atoms with Crippen molar-refractivity contribution in [3.05, 3.63) is 107 Å². The number of sulfonamides is 1. The van der Waals surface area contributed by atoms with Crippen LogP contribution in [0, 0.1) is 13.8 Å². The van der Waals surface area contributed by atoms with Crippen LogP contribution in [-0.4, -0.2) is 33.1 Å². The van der Waals surface area contributed by atoms with Crippen LogP contribution in [0.25, 0.3) is 10.8 Å². The molecule has 4 aromatic rings. The monoisotopic (exact) mass is 515 g/mol. The number of hydrazone groups is 1. The van der Waals surface area contributed by atoms with Gasteiger partial charge in [0.1, 0.15) is 5.75 Å². The van der Waals surface area contributed by atoms with Crippen LogP contribution in [0.3, 0.4) is 0 Å². The largest absolute Gasteiger partial charge is 0.422 e. The summed E-state index contributed by atoms with van der Waals surface area (Å²) >= 11 is 0. The van der Waals surface area contributed by atoms with Gasteiger partial charge in [-0.1, -0.05) is 65.7 Å². The summed E-state index contributed by atoms with van der Waals surface area (Å²) in [4.78, 5) is 25.1. The molecule has 0 saturated carbocycles.